The number of rotatable bonds is 2. The van der Waals surface area contributed by atoms with Crippen LogP contribution in [0.4, 0.5) is 0 Å². The van der Waals surface area contributed by atoms with Crippen molar-refractivity contribution >= 4 is 23.7 Å². The summed E-state index contributed by atoms with van der Waals surface area (Å²) in [6, 6.07) is 4.86. The van der Waals surface area contributed by atoms with Gasteiger partial charge in [0.1, 0.15) is 0 Å². The first-order chi connectivity index (χ1) is 7.83. The maximum atomic E-state index is 6.23. The summed E-state index contributed by atoms with van der Waals surface area (Å²) in [7, 11) is 0. The highest BCUT2D eigenvalue weighted by Crippen LogP contribution is 2.36. The van der Waals surface area contributed by atoms with E-state index in [2.05, 4.69) is 22.4 Å². The Kier molecular flexibility index (Phi) is 4.47. The average molecular weight is 273 g/mol. The zero-order valence-electron chi connectivity index (χ0n) is 10.0. The lowest BCUT2D eigenvalue weighted by molar-refractivity contribution is 0.259. The predicted molar refractivity (Wildman–Crippen MR) is 75.7 cm³/mol. The molecule has 0 spiro atoms. The molecule has 1 saturated heterocycles. The van der Waals surface area contributed by atoms with Gasteiger partial charge in [-0.15, -0.1) is 23.7 Å². The smallest absolute Gasteiger partial charge is 0.0328 e. The molecule has 1 saturated carbocycles. The Balaban J connectivity index is 0.00000108. The Morgan fingerprint density at radius 2 is 2.24 bits per heavy atom. The molecule has 0 amide bonds. The lowest BCUT2D eigenvalue weighted by Crippen LogP contribution is -2.38. The van der Waals surface area contributed by atoms with Crippen molar-refractivity contribution in [1.82, 2.24) is 4.90 Å². The van der Waals surface area contributed by atoms with Crippen LogP contribution in [0.25, 0.3) is 0 Å². The summed E-state index contributed by atoms with van der Waals surface area (Å²) in [6.45, 7) is 3.64. The number of fused-ring (bicyclic) bond motifs is 1. The standard InChI is InChI=1S/C13H20N2S.ClH/c14-13-5-1-3-10-7-15(9-12(10)13)8-11-4-2-6-16-11;/h2,4,6,10,12-13H,1,3,5,7-9,14H2;1H. The molecule has 2 nitrogen and oxygen atoms in total. The first kappa shape index (κ1) is 13.3. The third kappa shape index (κ3) is 2.84. The van der Waals surface area contributed by atoms with Crippen LogP contribution < -0.4 is 5.73 Å². The molecule has 2 aliphatic rings. The van der Waals surface area contributed by atoms with Crippen LogP contribution in [0, 0.1) is 11.8 Å². The molecule has 3 rings (SSSR count). The van der Waals surface area contributed by atoms with E-state index >= 15 is 0 Å². The molecule has 0 aromatic carbocycles. The van der Waals surface area contributed by atoms with Gasteiger partial charge in [0.25, 0.3) is 0 Å². The van der Waals surface area contributed by atoms with Crippen molar-refractivity contribution in [3.05, 3.63) is 22.4 Å². The van der Waals surface area contributed by atoms with Gasteiger partial charge < -0.3 is 5.73 Å². The molecular formula is C13H21ClN2S. The molecule has 1 aromatic heterocycles. The van der Waals surface area contributed by atoms with E-state index in [0.717, 1.165) is 18.4 Å². The van der Waals surface area contributed by atoms with E-state index in [9.17, 15) is 0 Å². The van der Waals surface area contributed by atoms with Crippen molar-refractivity contribution in [1.29, 1.82) is 0 Å². The molecule has 0 bridgehead atoms. The van der Waals surface area contributed by atoms with Crippen LogP contribution in [0.1, 0.15) is 24.1 Å². The maximum absolute atomic E-state index is 6.23. The van der Waals surface area contributed by atoms with Crippen LogP contribution in [0.5, 0.6) is 0 Å². The molecule has 1 aliphatic carbocycles. The fourth-order valence-electron chi connectivity index (χ4n) is 3.36. The zero-order chi connectivity index (χ0) is 11.0. The first-order valence-corrected chi connectivity index (χ1v) is 7.21. The van der Waals surface area contributed by atoms with Gasteiger partial charge in [-0.1, -0.05) is 12.5 Å². The van der Waals surface area contributed by atoms with Crippen LogP contribution in [0.15, 0.2) is 17.5 Å². The Morgan fingerprint density at radius 1 is 1.35 bits per heavy atom. The van der Waals surface area contributed by atoms with Gasteiger partial charge in [0.15, 0.2) is 0 Å². The van der Waals surface area contributed by atoms with E-state index in [-0.39, 0.29) is 12.4 Å². The van der Waals surface area contributed by atoms with Crippen molar-refractivity contribution < 1.29 is 0 Å². The highest BCUT2D eigenvalue weighted by molar-refractivity contribution is 7.09. The topological polar surface area (TPSA) is 29.3 Å². The minimum Gasteiger partial charge on any atom is -0.327 e. The molecule has 4 heteroatoms. The van der Waals surface area contributed by atoms with Gasteiger partial charge in [-0.25, -0.2) is 0 Å². The summed E-state index contributed by atoms with van der Waals surface area (Å²) in [6.07, 6.45) is 3.99. The van der Waals surface area contributed by atoms with Crippen LogP contribution in [-0.2, 0) is 6.54 Å². The average Bonchev–Trinajstić information content (AvgIpc) is 2.88. The number of nitrogens with two attached hydrogens (primary N) is 1. The summed E-state index contributed by atoms with van der Waals surface area (Å²) >= 11 is 1.87. The van der Waals surface area contributed by atoms with Crippen LogP contribution in [-0.4, -0.2) is 24.0 Å². The summed E-state index contributed by atoms with van der Waals surface area (Å²) in [5.41, 5.74) is 6.23. The quantitative estimate of drug-likeness (QED) is 0.897. The highest BCUT2D eigenvalue weighted by atomic mass is 35.5. The fourth-order valence-corrected chi connectivity index (χ4v) is 4.11. The minimum absolute atomic E-state index is 0. The fraction of sp³-hybridized carbons (Fsp3) is 0.692. The lowest BCUT2D eigenvalue weighted by Gasteiger charge is -2.29. The maximum Gasteiger partial charge on any atom is 0.0328 e. The normalized spacial score (nSPS) is 33.1. The van der Waals surface area contributed by atoms with Crippen LogP contribution >= 0.6 is 23.7 Å². The molecule has 2 N–H and O–H groups in total. The summed E-state index contributed by atoms with van der Waals surface area (Å²) in [5.74, 6) is 1.65. The molecule has 0 radical (unpaired) electrons. The number of hydrogen-bond donors (Lipinski definition) is 1. The van der Waals surface area contributed by atoms with E-state index in [1.54, 1.807) is 0 Å². The zero-order valence-corrected chi connectivity index (χ0v) is 11.7. The molecule has 17 heavy (non-hydrogen) atoms. The molecule has 1 aromatic rings. The van der Waals surface area contributed by atoms with Crippen molar-refractivity contribution in [3.63, 3.8) is 0 Å². The van der Waals surface area contributed by atoms with Gasteiger partial charge in [-0.2, -0.15) is 0 Å². The van der Waals surface area contributed by atoms with E-state index in [1.165, 1.54) is 37.2 Å². The van der Waals surface area contributed by atoms with Crippen molar-refractivity contribution in [2.45, 2.75) is 31.8 Å². The molecule has 1 aliphatic heterocycles. The monoisotopic (exact) mass is 272 g/mol. The van der Waals surface area contributed by atoms with Crippen molar-refractivity contribution in [2.24, 2.45) is 17.6 Å². The Hall–Kier alpha value is -0.0900. The molecular weight excluding hydrogens is 252 g/mol. The van der Waals surface area contributed by atoms with Gasteiger partial charge in [0, 0.05) is 30.6 Å². The van der Waals surface area contributed by atoms with E-state index in [1.807, 2.05) is 11.3 Å². The number of likely N-dealkylation sites (tertiary alicyclic amines) is 1. The second-order valence-electron chi connectivity index (χ2n) is 5.29. The molecule has 2 fully saturated rings. The molecule has 2 heterocycles. The van der Waals surface area contributed by atoms with Crippen molar-refractivity contribution in [2.75, 3.05) is 13.1 Å². The SMILES string of the molecule is Cl.NC1CCCC2CN(Cc3cccs3)CC12. The Morgan fingerprint density at radius 3 is 2.94 bits per heavy atom. The summed E-state index contributed by atoms with van der Waals surface area (Å²) in [4.78, 5) is 4.10. The van der Waals surface area contributed by atoms with Crippen LogP contribution in [0.3, 0.4) is 0 Å². The summed E-state index contributed by atoms with van der Waals surface area (Å²) < 4.78 is 0. The summed E-state index contributed by atoms with van der Waals surface area (Å²) in [5, 5.41) is 2.17. The predicted octanol–water partition coefficient (Wildman–Crippen LogP) is 2.73. The first-order valence-electron chi connectivity index (χ1n) is 6.33. The number of nitrogens with zero attached hydrogens (tertiary/aromatic N) is 1. The van der Waals surface area contributed by atoms with Crippen LogP contribution in [0.2, 0.25) is 0 Å². The van der Waals surface area contributed by atoms with Gasteiger partial charge >= 0.3 is 0 Å². The highest BCUT2D eigenvalue weighted by Gasteiger charge is 2.38. The van der Waals surface area contributed by atoms with E-state index < -0.39 is 0 Å². The largest absolute Gasteiger partial charge is 0.327 e. The molecule has 3 unspecified atom stereocenters. The third-order valence-corrected chi connectivity index (χ3v) is 5.05. The number of halogens is 1. The van der Waals surface area contributed by atoms with Gasteiger partial charge in [0.2, 0.25) is 0 Å². The second kappa shape index (κ2) is 5.70. The Bertz CT molecular complexity index is 341. The molecule has 3 atom stereocenters. The molecule has 96 valence electrons. The van der Waals surface area contributed by atoms with E-state index in [0.29, 0.717) is 6.04 Å². The lowest BCUT2D eigenvalue weighted by atomic mass is 9.78. The second-order valence-corrected chi connectivity index (χ2v) is 6.32. The number of thiophene rings is 1. The number of hydrogen-bond acceptors (Lipinski definition) is 3. The van der Waals surface area contributed by atoms with Gasteiger partial charge in [-0.3, -0.25) is 4.90 Å². The minimum atomic E-state index is 0. The van der Waals surface area contributed by atoms with E-state index in [4.69, 9.17) is 5.73 Å². The van der Waals surface area contributed by atoms with Gasteiger partial charge in [0.05, 0.1) is 0 Å². The van der Waals surface area contributed by atoms with Crippen molar-refractivity contribution in [3.8, 4) is 0 Å². The third-order valence-electron chi connectivity index (χ3n) is 4.19. The van der Waals surface area contributed by atoms with Gasteiger partial charge in [-0.05, 0) is 36.1 Å². The Labute approximate surface area is 114 Å².